The van der Waals surface area contributed by atoms with Crippen molar-refractivity contribution in [1.82, 2.24) is 0 Å². The van der Waals surface area contributed by atoms with Crippen LogP contribution in [-0.2, 0) is 18.4 Å². The predicted molar refractivity (Wildman–Crippen MR) is 77.8 cm³/mol. The van der Waals surface area contributed by atoms with E-state index in [0.717, 1.165) is 24.2 Å². The van der Waals surface area contributed by atoms with E-state index in [4.69, 9.17) is 4.74 Å². The van der Waals surface area contributed by atoms with Gasteiger partial charge >= 0.3 is 0 Å². The second-order valence-electron chi connectivity index (χ2n) is 6.00. The zero-order chi connectivity index (χ0) is 13.6. The summed E-state index contributed by atoms with van der Waals surface area (Å²) < 4.78 is 5.84. The molecule has 0 aliphatic heterocycles. The van der Waals surface area contributed by atoms with Gasteiger partial charge in [-0.25, -0.2) is 0 Å². The van der Waals surface area contributed by atoms with Crippen LogP contribution >= 0.6 is 0 Å². The van der Waals surface area contributed by atoms with Crippen LogP contribution < -0.4 is 4.74 Å². The number of fused-ring (bicyclic) bond motifs is 1. The zero-order valence-electron chi connectivity index (χ0n) is 11.4. The fraction of sp³-hybridized carbons (Fsp3) is 0.333. The molecular weight excluding hydrogens is 248 g/mol. The molecule has 0 spiro atoms. The van der Waals surface area contributed by atoms with Gasteiger partial charge in [-0.3, -0.25) is 0 Å². The van der Waals surface area contributed by atoms with Crippen molar-refractivity contribution in [3.05, 3.63) is 65.2 Å². The Kier molecular flexibility index (Phi) is 2.61. The van der Waals surface area contributed by atoms with Gasteiger partial charge in [0.2, 0.25) is 0 Å². The summed E-state index contributed by atoms with van der Waals surface area (Å²) in [5.41, 5.74) is 2.69. The molecule has 0 aromatic heterocycles. The first-order chi connectivity index (χ1) is 9.73. The van der Waals surface area contributed by atoms with Gasteiger partial charge in [0.15, 0.2) is 0 Å². The van der Waals surface area contributed by atoms with Gasteiger partial charge in [-0.2, -0.15) is 0 Å². The van der Waals surface area contributed by atoms with Gasteiger partial charge in [0.1, 0.15) is 5.75 Å². The van der Waals surface area contributed by atoms with E-state index in [-0.39, 0.29) is 0 Å². The van der Waals surface area contributed by atoms with Gasteiger partial charge in [-0.05, 0) is 41.7 Å². The maximum Gasteiger partial charge on any atom is 0.120 e. The Morgan fingerprint density at radius 1 is 0.950 bits per heavy atom. The summed E-state index contributed by atoms with van der Waals surface area (Å²) in [5, 5.41) is 11.0. The third kappa shape index (κ3) is 2.10. The topological polar surface area (TPSA) is 29.5 Å². The summed E-state index contributed by atoms with van der Waals surface area (Å²) in [7, 11) is 0. The molecule has 4 rings (SSSR count). The molecule has 1 N–H and O–H groups in total. The first-order valence-corrected chi connectivity index (χ1v) is 7.29. The zero-order valence-corrected chi connectivity index (χ0v) is 11.4. The number of hydrogen-bond donors (Lipinski definition) is 1. The summed E-state index contributed by atoms with van der Waals surface area (Å²) in [6, 6.07) is 16.3. The van der Waals surface area contributed by atoms with Gasteiger partial charge in [-0.15, -0.1) is 0 Å². The van der Waals surface area contributed by atoms with Crippen molar-refractivity contribution in [3.8, 4) is 5.75 Å². The minimum absolute atomic E-state index is 0.390. The van der Waals surface area contributed by atoms with Crippen molar-refractivity contribution < 1.29 is 9.84 Å². The van der Waals surface area contributed by atoms with E-state index in [1.807, 2.05) is 36.4 Å². The van der Waals surface area contributed by atoms with E-state index in [1.54, 1.807) is 0 Å². The van der Waals surface area contributed by atoms with Crippen molar-refractivity contribution in [3.63, 3.8) is 0 Å². The third-order valence-electron chi connectivity index (χ3n) is 4.28. The van der Waals surface area contributed by atoms with E-state index in [2.05, 4.69) is 12.1 Å². The second kappa shape index (κ2) is 4.35. The average Bonchev–Trinajstić information content (AvgIpc) is 3.18. The van der Waals surface area contributed by atoms with Crippen molar-refractivity contribution in [1.29, 1.82) is 0 Å². The molecule has 0 amide bonds. The summed E-state index contributed by atoms with van der Waals surface area (Å²) in [6.07, 6.45) is 4.08. The highest BCUT2D eigenvalue weighted by Gasteiger charge is 2.37. The molecule has 0 bridgehead atoms. The highest BCUT2D eigenvalue weighted by atomic mass is 16.5. The Labute approximate surface area is 119 Å². The van der Waals surface area contributed by atoms with E-state index < -0.39 is 5.60 Å². The number of aliphatic hydroxyl groups is 1. The van der Waals surface area contributed by atoms with Crippen molar-refractivity contribution in [2.24, 2.45) is 0 Å². The normalized spacial score (nSPS) is 19.6. The van der Waals surface area contributed by atoms with E-state index in [9.17, 15) is 5.11 Å². The lowest BCUT2D eigenvalue weighted by atomic mass is 9.91. The predicted octanol–water partition coefficient (Wildman–Crippen LogP) is 3.21. The lowest BCUT2D eigenvalue weighted by Gasteiger charge is -2.23. The van der Waals surface area contributed by atoms with Crippen molar-refractivity contribution in [2.75, 3.05) is 0 Å². The Balaban J connectivity index is 1.64. The first kappa shape index (κ1) is 12.0. The van der Waals surface area contributed by atoms with Gasteiger partial charge in [-0.1, -0.05) is 36.4 Å². The molecule has 1 fully saturated rings. The van der Waals surface area contributed by atoms with E-state index in [1.165, 1.54) is 11.1 Å². The van der Waals surface area contributed by atoms with Crippen molar-refractivity contribution in [2.45, 2.75) is 37.4 Å². The van der Waals surface area contributed by atoms with Crippen molar-refractivity contribution >= 4 is 0 Å². The van der Waals surface area contributed by atoms with Gasteiger partial charge in [0.05, 0.1) is 11.7 Å². The Morgan fingerprint density at radius 3 is 2.30 bits per heavy atom. The van der Waals surface area contributed by atoms with Crippen LogP contribution in [0.5, 0.6) is 5.75 Å². The van der Waals surface area contributed by atoms with E-state index >= 15 is 0 Å². The number of rotatable bonds is 3. The number of benzene rings is 2. The number of hydrogen-bond acceptors (Lipinski definition) is 2. The highest BCUT2D eigenvalue weighted by molar-refractivity contribution is 5.42. The Morgan fingerprint density at radius 2 is 1.65 bits per heavy atom. The van der Waals surface area contributed by atoms with Crippen LogP contribution in [0.4, 0.5) is 0 Å². The third-order valence-corrected chi connectivity index (χ3v) is 4.28. The molecule has 0 radical (unpaired) electrons. The SMILES string of the molecule is OC1(c2cccc(OC3CC3)c2)Cc2ccccc2C1. The summed E-state index contributed by atoms with van der Waals surface area (Å²) in [4.78, 5) is 0. The maximum absolute atomic E-state index is 11.0. The van der Waals surface area contributed by atoms with Crippen LogP contribution in [0, 0.1) is 0 Å². The van der Waals surface area contributed by atoms with Gasteiger partial charge in [0.25, 0.3) is 0 Å². The minimum Gasteiger partial charge on any atom is -0.490 e. The molecule has 1 saturated carbocycles. The van der Waals surface area contributed by atoms with Gasteiger partial charge < -0.3 is 9.84 Å². The van der Waals surface area contributed by atoms with Crippen LogP contribution in [0.2, 0.25) is 0 Å². The van der Waals surface area contributed by atoms with Gasteiger partial charge in [0, 0.05) is 12.8 Å². The molecule has 2 aromatic rings. The quantitative estimate of drug-likeness (QED) is 0.924. The number of ether oxygens (including phenoxy) is 1. The van der Waals surface area contributed by atoms with Crippen LogP contribution in [0.3, 0.4) is 0 Å². The Bertz CT molecular complexity index is 618. The molecule has 2 aliphatic rings. The molecule has 0 atom stereocenters. The molecule has 102 valence electrons. The maximum atomic E-state index is 11.0. The summed E-state index contributed by atoms with van der Waals surface area (Å²) >= 11 is 0. The fourth-order valence-electron chi connectivity index (χ4n) is 3.04. The molecule has 0 unspecified atom stereocenters. The monoisotopic (exact) mass is 266 g/mol. The first-order valence-electron chi connectivity index (χ1n) is 7.29. The lowest BCUT2D eigenvalue weighted by Crippen LogP contribution is -2.26. The molecule has 2 heteroatoms. The van der Waals surface area contributed by atoms with Crippen LogP contribution in [-0.4, -0.2) is 11.2 Å². The Hall–Kier alpha value is -1.80. The molecular formula is C18H18O2. The standard InChI is InChI=1S/C18H18O2/c19-18(11-13-4-1-2-5-14(13)12-18)15-6-3-7-17(10-15)20-16-8-9-16/h1-7,10,16,19H,8-9,11-12H2. The smallest absolute Gasteiger partial charge is 0.120 e. The summed E-state index contributed by atoms with van der Waals surface area (Å²) in [6.45, 7) is 0. The largest absolute Gasteiger partial charge is 0.490 e. The highest BCUT2D eigenvalue weighted by Crippen LogP contribution is 2.39. The molecule has 2 nitrogen and oxygen atoms in total. The van der Waals surface area contributed by atoms with Crippen LogP contribution in [0.15, 0.2) is 48.5 Å². The minimum atomic E-state index is -0.785. The molecule has 20 heavy (non-hydrogen) atoms. The molecule has 0 saturated heterocycles. The molecule has 2 aromatic carbocycles. The lowest BCUT2D eigenvalue weighted by molar-refractivity contribution is 0.0479. The molecule has 0 heterocycles. The second-order valence-corrected chi connectivity index (χ2v) is 6.00. The van der Waals surface area contributed by atoms with Crippen LogP contribution in [0.25, 0.3) is 0 Å². The summed E-state index contributed by atoms with van der Waals surface area (Å²) in [5.74, 6) is 0.884. The van der Waals surface area contributed by atoms with E-state index in [0.29, 0.717) is 18.9 Å². The average molecular weight is 266 g/mol. The molecule has 2 aliphatic carbocycles. The fourth-order valence-corrected chi connectivity index (χ4v) is 3.04. The van der Waals surface area contributed by atoms with Crippen LogP contribution in [0.1, 0.15) is 29.5 Å².